The van der Waals surface area contributed by atoms with E-state index in [1.807, 2.05) is 43.3 Å². The van der Waals surface area contributed by atoms with Gasteiger partial charge in [0.25, 0.3) is 5.91 Å². The predicted molar refractivity (Wildman–Crippen MR) is 151 cm³/mol. The van der Waals surface area contributed by atoms with Crippen LogP contribution in [0.5, 0.6) is 5.75 Å². The summed E-state index contributed by atoms with van der Waals surface area (Å²) in [6, 6.07) is 9.70. The van der Waals surface area contributed by atoms with E-state index in [2.05, 4.69) is 5.18 Å². The van der Waals surface area contributed by atoms with Crippen LogP contribution in [-0.4, -0.2) is 78.0 Å². The van der Waals surface area contributed by atoms with Gasteiger partial charge in [-0.15, -0.1) is 4.91 Å². The first-order valence-electron chi connectivity index (χ1n) is 13.2. The van der Waals surface area contributed by atoms with Crippen LogP contribution in [-0.2, 0) is 9.59 Å². The van der Waals surface area contributed by atoms with Gasteiger partial charge in [0.1, 0.15) is 22.8 Å². The van der Waals surface area contributed by atoms with E-state index in [4.69, 9.17) is 5.73 Å². The molecule has 0 spiro atoms. The number of nitroso groups, excluding NO2 is 1. The topological polar surface area (TPSA) is 174 Å². The molecule has 3 aliphatic rings. The summed E-state index contributed by atoms with van der Waals surface area (Å²) in [4.78, 5) is 55.3. The minimum Gasteiger partial charge on any atom is -0.511 e. The normalized spacial score (nSPS) is 27.4. The molecule has 5 N–H and O–H groups in total. The van der Waals surface area contributed by atoms with Gasteiger partial charge in [-0.1, -0.05) is 25.1 Å². The SMILES string of the molecule is C[C@H]1c2c(-c3ccc(N(C)C)cc3)ccc(O)c2C(=O)C2=C(O)C3C(=O)C(C(N)=O)=C(N=O)[C@@H](N(C)C)[C@@H]3[C@@H](O)[C@@H]21. The first-order chi connectivity index (χ1) is 19.3. The highest BCUT2D eigenvalue weighted by molar-refractivity contribution is 6.22. The number of nitrogens with zero attached hydrogens (tertiary/aromatic N) is 3. The predicted octanol–water partition coefficient (Wildman–Crippen LogP) is 2.48. The van der Waals surface area contributed by atoms with Crippen LogP contribution >= 0.6 is 0 Å². The van der Waals surface area contributed by atoms with Crippen molar-refractivity contribution in [3.8, 4) is 16.9 Å². The highest BCUT2D eigenvalue weighted by Crippen LogP contribution is 2.55. The van der Waals surface area contributed by atoms with Crippen molar-refractivity contribution in [3.05, 3.63) is 75.0 Å². The molecule has 0 saturated carbocycles. The summed E-state index contributed by atoms with van der Waals surface area (Å²) in [5.41, 5.74) is 7.06. The van der Waals surface area contributed by atoms with E-state index in [9.17, 15) is 34.6 Å². The van der Waals surface area contributed by atoms with Crippen molar-refractivity contribution in [2.45, 2.75) is 25.0 Å². The van der Waals surface area contributed by atoms with Gasteiger partial charge in [0.2, 0.25) is 0 Å². The summed E-state index contributed by atoms with van der Waals surface area (Å²) < 4.78 is 0. The number of ketones is 2. The van der Waals surface area contributed by atoms with Gasteiger partial charge in [-0.25, -0.2) is 0 Å². The average Bonchev–Trinajstić information content (AvgIpc) is 2.92. The Balaban J connectivity index is 1.75. The number of phenols is 1. The Morgan fingerprint density at radius 2 is 1.63 bits per heavy atom. The summed E-state index contributed by atoms with van der Waals surface area (Å²) >= 11 is 0. The van der Waals surface area contributed by atoms with E-state index in [1.165, 1.54) is 11.0 Å². The largest absolute Gasteiger partial charge is 0.511 e. The molecule has 3 aliphatic carbocycles. The van der Waals surface area contributed by atoms with E-state index in [-0.39, 0.29) is 16.9 Å². The van der Waals surface area contributed by atoms with Gasteiger partial charge in [0.15, 0.2) is 11.6 Å². The zero-order valence-electron chi connectivity index (χ0n) is 23.3. The molecule has 41 heavy (non-hydrogen) atoms. The standard InChI is InChI=1S/C30H32N4O7/c1-12-17-15(13-6-8-14(9-7-13)33(2)3)10-11-16(35)19(17)27(37)21-18(12)26(36)20-22(28(21)38)29(39)23(30(31)40)24(32-41)25(20)34(4)5/h6-12,18,20,22,25-26,35-36,38H,1-5H3,(H2,31,40)/t12-,18+,20+,22?,25-,26-/m0/s1. The molecule has 2 aromatic carbocycles. The van der Waals surface area contributed by atoms with Crippen LogP contribution in [0.1, 0.15) is 28.8 Å². The van der Waals surface area contributed by atoms with Gasteiger partial charge in [0.05, 0.1) is 23.6 Å². The monoisotopic (exact) mass is 560 g/mol. The molecule has 1 amide bonds. The number of amides is 1. The fraction of sp³-hybridized carbons (Fsp3) is 0.367. The van der Waals surface area contributed by atoms with E-state index >= 15 is 0 Å². The summed E-state index contributed by atoms with van der Waals surface area (Å²) in [5.74, 6) is -8.03. The van der Waals surface area contributed by atoms with Crippen molar-refractivity contribution in [1.82, 2.24) is 4.90 Å². The molecular formula is C30H32N4O7. The second kappa shape index (κ2) is 9.93. The Hall–Kier alpha value is -4.35. The molecule has 214 valence electrons. The summed E-state index contributed by atoms with van der Waals surface area (Å²) in [5, 5.41) is 37.3. The Labute approximate surface area is 236 Å². The van der Waals surface area contributed by atoms with Crippen LogP contribution in [0.25, 0.3) is 11.1 Å². The molecule has 0 fully saturated rings. The quantitative estimate of drug-likeness (QED) is 0.316. The molecule has 0 aromatic heterocycles. The number of fused-ring (bicyclic) bond motifs is 3. The van der Waals surface area contributed by atoms with Crippen molar-refractivity contribution >= 4 is 23.2 Å². The minimum atomic E-state index is -1.52. The molecule has 0 heterocycles. The number of aromatic hydroxyl groups is 1. The van der Waals surface area contributed by atoms with Gasteiger partial charge in [-0.2, -0.15) is 0 Å². The average molecular weight is 561 g/mol. The van der Waals surface area contributed by atoms with Crippen LogP contribution < -0.4 is 10.6 Å². The van der Waals surface area contributed by atoms with Gasteiger partial charge in [0, 0.05) is 37.2 Å². The lowest BCUT2D eigenvalue weighted by Crippen LogP contribution is -2.59. The third kappa shape index (κ3) is 3.98. The number of aliphatic hydroxyl groups is 2. The number of allylic oxidation sites excluding steroid dienone is 1. The van der Waals surface area contributed by atoms with E-state index < -0.39 is 70.3 Å². The number of carbonyl (C=O) groups is 3. The van der Waals surface area contributed by atoms with Crippen molar-refractivity contribution in [2.75, 3.05) is 33.1 Å². The zero-order valence-corrected chi connectivity index (χ0v) is 23.3. The number of benzene rings is 2. The van der Waals surface area contributed by atoms with Crippen molar-refractivity contribution in [3.63, 3.8) is 0 Å². The second-order valence-electron chi connectivity index (χ2n) is 11.3. The van der Waals surface area contributed by atoms with Crippen molar-refractivity contribution < 1.29 is 29.7 Å². The first-order valence-corrected chi connectivity index (χ1v) is 13.2. The Kier molecular flexibility index (Phi) is 6.83. The number of carbonyl (C=O) groups excluding carboxylic acids is 3. The lowest BCUT2D eigenvalue weighted by Gasteiger charge is -2.50. The van der Waals surface area contributed by atoms with Gasteiger partial charge >= 0.3 is 0 Å². The number of anilines is 1. The highest BCUT2D eigenvalue weighted by atomic mass is 16.3. The van der Waals surface area contributed by atoms with Gasteiger partial charge in [-0.3, -0.25) is 14.4 Å². The number of likely N-dealkylation sites (N-methyl/N-ethyl adjacent to an activating group) is 1. The second-order valence-corrected chi connectivity index (χ2v) is 11.3. The number of hydrogen-bond acceptors (Lipinski definition) is 10. The lowest BCUT2D eigenvalue weighted by atomic mass is 9.56. The Morgan fingerprint density at radius 1 is 1.00 bits per heavy atom. The van der Waals surface area contributed by atoms with Crippen LogP contribution in [0.15, 0.2) is 64.2 Å². The first kappa shape index (κ1) is 28.2. The van der Waals surface area contributed by atoms with E-state index in [0.29, 0.717) is 11.1 Å². The fourth-order valence-corrected chi connectivity index (χ4v) is 6.98. The van der Waals surface area contributed by atoms with Crippen LogP contribution in [0.2, 0.25) is 0 Å². The maximum atomic E-state index is 14.0. The molecule has 0 aliphatic heterocycles. The summed E-state index contributed by atoms with van der Waals surface area (Å²) in [6.07, 6.45) is -1.41. The molecule has 0 saturated heterocycles. The Bertz CT molecular complexity index is 1560. The number of hydrogen-bond donors (Lipinski definition) is 4. The van der Waals surface area contributed by atoms with Crippen LogP contribution in [0.4, 0.5) is 5.69 Å². The van der Waals surface area contributed by atoms with Crippen LogP contribution in [0, 0.1) is 22.7 Å². The smallest absolute Gasteiger partial charge is 0.254 e. The lowest BCUT2D eigenvalue weighted by molar-refractivity contribution is -0.130. The molecule has 6 atom stereocenters. The number of phenolic OH excluding ortho intramolecular Hbond substituents is 1. The maximum absolute atomic E-state index is 14.0. The van der Waals surface area contributed by atoms with E-state index in [1.54, 1.807) is 27.1 Å². The molecule has 0 bridgehead atoms. The van der Waals surface area contributed by atoms with Gasteiger partial charge < -0.3 is 30.9 Å². The molecular weight excluding hydrogens is 528 g/mol. The Morgan fingerprint density at radius 3 is 2.17 bits per heavy atom. The number of nitrogens with two attached hydrogens (primary N) is 1. The minimum absolute atomic E-state index is 0.0246. The molecule has 11 heteroatoms. The third-order valence-corrected chi connectivity index (χ3v) is 8.77. The van der Waals surface area contributed by atoms with E-state index in [0.717, 1.165) is 11.3 Å². The van der Waals surface area contributed by atoms with Gasteiger partial charge in [-0.05, 0) is 60.1 Å². The zero-order chi connectivity index (χ0) is 30.1. The van der Waals surface area contributed by atoms with Crippen molar-refractivity contribution in [2.24, 2.45) is 28.7 Å². The third-order valence-electron chi connectivity index (χ3n) is 8.77. The molecule has 1 unspecified atom stereocenters. The van der Waals surface area contributed by atoms with Crippen molar-refractivity contribution in [1.29, 1.82) is 0 Å². The molecule has 0 radical (unpaired) electrons. The summed E-state index contributed by atoms with van der Waals surface area (Å²) in [7, 11) is 7.01. The van der Waals surface area contributed by atoms with Crippen LogP contribution in [0.3, 0.4) is 0 Å². The summed E-state index contributed by atoms with van der Waals surface area (Å²) in [6.45, 7) is 1.78. The number of primary amides is 1. The molecule has 5 rings (SSSR count). The number of rotatable bonds is 5. The fourth-order valence-electron chi connectivity index (χ4n) is 6.98. The number of Topliss-reactive ketones (excluding diaryl/α,β-unsaturated/α-hetero) is 2. The number of aliphatic hydroxyl groups excluding tert-OH is 2. The molecule has 11 nitrogen and oxygen atoms in total. The highest BCUT2D eigenvalue weighted by Gasteiger charge is 2.60. The molecule has 2 aromatic rings. The maximum Gasteiger partial charge on any atom is 0.254 e.